The van der Waals surface area contributed by atoms with Crippen molar-refractivity contribution in [1.29, 1.82) is 5.41 Å². The zero-order chi connectivity index (χ0) is 40.6. The maximum Gasteiger partial charge on any atom is 0.410 e. The highest BCUT2D eigenvalue weighted by molar-refractivity contribution is 5.95. The van der Waals surface area contributed by atoms with Crippen molar-refractivity contribution in [3.8, 4) is 0 Å². The van der Waals surface area contributed by atoms with E-state index in [9.17, 15) is 33.9 Å². The molecule has 0 bridgehead atoms. The highest BCUT2D eigenvalue weighted by Gasteiger charge is 2.38. The number of amides is 5. The Hall–Kier alpha value is -6.07. The van der Waals surface area contributed by atoms with Gasteiger partial charge in [0.25, 0.3) is 0 Å². The number of nitrogens with zero attached hydrogens (tertiary/aromatic N) is 4. The Morgan fingerprint density at radius 1 is 0.857 bits per heavy atom. The number of nitrogens with one attached hydrogen (secondary N) is 5. The molecule has 2 aromatic rings. The molecular formula is C38H52N10O8. The van der Waals surface area contributed by atoms with Crippen LogP contribution in [0.2, 0.25) is 0 Å². The van der Waals surface area contributed by atoms with Crippen molar-refractivity contribution < 1.29 is 38.6 Å². The third-order valence-electron chi connectivity index (χ3n) is 9.36. The van der Waals surface area contributed by atoms with Crippen LogP contribution in [0.3, 0.4) is 0 Å². The summed E-state index contributed by atoms with van der Waals surface area (Å²) in [6.45, 7) is 4.12. The fourth-order valence-corrected chi connectivity index (χ4v) is 6.51. The van der Waals surface area contributed by atoms with Crippen LogP contribution in [0.4, 0.5) is 16.2 Å². The Bertz CT molecular complexity index is 1720. The van der Waals surface area contributed by atoms with E-state index >= 15 is 0 Å². The number of likely N-dealkylation sites (tertiary alicyclic amines) is 2. The van der Waals surface area contributed by atoms with Crippen molar-refractivity contribution in [2.24, 2.45) is 21.9 Å². The fraction of sp³-hybridized carbons (Fsp3) is 0.500. The first-order valence-electron chi connectivity index (χ1n) is 18.8. The summed E-state index contributed by atoms with van der Waals surface area (Å²) >= 11 is 0. The predicted molar refractivity (Wildman–Crippen MR) is 205 cm³/mol. The van der Waals surface area contributed by atoms with Crippen LogP contribution in [-0.2, 0) is 35.3 Å². The van der Waals surface area contributed by atoms with Gasteiger partial charge in [-0.15, -0.1) is 0 Å². The van der Waals surface area contributed by atoms with Crippen molar-refractivity contribution >= 4 is 53.0 Å². The molecule has 0 aliphatic carbocycles. The molecule has 0 radical (unpaired) electrons. The second kappa shape index (κ2) is 21.1. The van der Waals surface area contributed by atoms with Crippen molar-refractivity contribution in [3.63, 3.8) is 0 Å². The Balaban J connectivity index is 1.27. The molecule has 18 nitrogen and oxygen atoms in total. The molecule has 1 unspecified atom stereocenters. The number of rotatable bonds is 18. The molecule has 2 aromatic carbocycles. The van der Waals surface area contributed by atoms with Crippen LogP contribution in [0.25, 0.3) is 0 Å². The normalized spacial score (nSPS) is 17.6. The Morgan fingerprint density at radius 3 is 2.05 bits per heavy atom. The number of carbonyl (C=O) groups is 6. The van der Waals surface area contributed by atoms with Crippen molar-refractivity contribution in [3.05, 3.63) is 60.2 Å². The van der Waals surface area contributed by atoms with Gasteiger partial charge in [-0.25, -0.2) is 9.59 Å². The zero-order valence-corrected chi connectivity index (χ0v) is 31.7. The van der Waals surface area contributed by atoms with Gasteiger partial charge in [-0.3, -0.25) is 29.5 Å². The summed E-state index contributed by atoms with van der Waals surface area (Å²) in [5.74, 6) is -3.73. The highest BCUT2D eigenvalue weighted by Crippen LogP contribution is 2.22. The lowest BCUT2D eigenvalue weighted by Gasteiger charge is -2.27. The number of hydrogen-bond acceptors (Lipinski definition) is 10. The van der Waals surface area contributed by atoms with Crippen LogP contribution in [0.5, 0.6) is 0 Å². The summed E-state index contributed by atoms with van der Waals surface area (Å²) in [7, 11) is 0. The van der Waals surface area contributed by atoms with E-state index in [1.54, 1.807) is 24.3 Å². The number of guanidine groups is 1. The molecule has 0 spiro atoms. The molecule has 18 heteroatoms. The maximum absolute atomic E-state index is 13.5. The number of ether oxygens (including phenoxy) is 1. The van der Waals surface area contributed by atoms with E-state index < -0.39 is 66.4 Å². The number of carboxylic acid groups (broad SMARTS) is 1. The summed E-state index contributed by atoms with van der Waals surface area (Å²) < 4.78 is 5.54. The van der Waals surface area contributed by atoms with Crippen LogP contribution < -0.4 is 27.0 Å². The summed E-state index contributed by atoms with van der Waals surface area (Å²) in [6, 6.07) is 12.4. The molecule has 4 atom stereocenters. The number of carbonyl (C=O) groups excluding carboxylic acids is 5. The van der Waals surface area contributed by atoms with Crippen molar-refractivity contribution in [1.82, 2.24) is 31.1 Å². The predicted octanol–water partition coefficient (Wildman–Crippen LogP) is 2.67. The van der Waals surface area contributed by atoms with Gasteiger partial charge in [-0.05, 0) is 80.7 Å². The second-order valence-electron chi connectivity index (χ2n) is 14.1. The zero-order valence-electron chi connectivity index (χ0n) is 31.7. The smallest absolute Gasteiger partial charge is 0.410 e. The Morgan fingerprint density at radius 2 is 1.45 bits per heavy atom. The molecule has 2 heterocycles. The summed E-state index contributed by atoms with van der Waals surface area (Å²) in [6.07, 6.45) is 1.80. The highest BCUT2D eigenvalue weighted by atomic mass is 16.6. The lowest BCUT2D eigenvalue weighted by molar-refractivity contribution is -0.144. The van der Waals surface area contributed by atoms with E-state index in [4.69, 9.17) is 15.9 Å². The molecule has 2 aliphatic heterocycles. The van der Waals surface area contributed by atoms with Gasteiger partial charge in [0.15, 0.2) is 5.96 Å². The molecule has 302 valence electrons. The van der Waals surface area contributed by atoms with Crippen LogP contribution in [0.15, 0.2) is 64.8 Å². The first kappa shape index (κ1) is 42.7. The molecule has 2 fully saturated rings. The molecule has 2 aliphatic rings. The molecule has 0 aromatic heterocycles. The monoisotopic (exact) mass is 776 g/mol. The number of azo groups is 1. The van der Waals surface area contributed by atoms with Crippen molar-refractivity contribution in [2.45, 2.75) is 89.6 Å². The summed E-state index contributed by atoms with van der Waals surface area (Å²) in [5.41, 5.74) is 7.32. The molecule has 5 amide bonds. The van der Waals surface area contributed by atoms with Gasteiger partial charge in [0.1, 0.15) is 30.8 Å². The number of benzene rings is 2. The molecule has 2 saturated heterocycles. The first-order valence-corrected chi connectivity index (χ1v) is 18.8. The van der Waals surface area contributed by atoms with Gasteiger partial charge >= 0.3 is 12.1 Å². The average molecular weight is 777 g/mol. The van der Waals surface area contributed by atoms with Crippen LogP contribution in [0, 0.1) is 11.3 Å². The molecule has 56 heavy (non-hydrogen) atoms. The number of aliphatic carboxylic acids is 1. The third-order valence-corrected chi connectivity index (χ3v) is 9.36. The SMILES string of the molecule is CC(C)CC(NC(=O)[C@@H]1CCCN1C(=O)OCc1ccc(/N=N/c2ccccc2)cc1)C(=O)NCC(=O)N1CCC[C@H]1C(=O)N[C@H](CCCNC(=N)N)C(=O)O. The quantitative estimate of drug-likeness (QED) is 0.0504. The fourth-order valence-electron chi connectivity index (χ4n) is 6.51. The van der Waals surface area contributed by atoms with E-state index in [2.05, 4.69) is 31.5 Å². The topological polar surface area (TPSA) is 261 Å². The Kier molecular flexibility index (Phi) is 16.1. The van der Waals surface area contributed by atoms with Gasteiger partial charge < -0.3 is 41.7 Å². The lowest BCUT2D eigenvalue weighted by Crippen LogP contribution is -2.55. The minimum atomic E-state index is -1.23. The van der Waals surface area contributed by atoms with E-state index in [0.29, 0.717) is 44.3 Å². The number of carboxylic acids is 1. The standard InChI is InChI=1S/C38H52N10O8/c1-24(2)21-29(33(50)42-22-32(49)47-19-7-12-30(47)34(51)43-28(36(53)54)11-6-18-41-37(39)40)44-35(52)31-13-8-20-48(31)38(55)56-23-25-14-16-27(17-15-25)46-45-26-9-4-3-5-10-26/h3-5,9-10,14-17,24,28-31H,6-8,11-13,18-23H2,1-2H3,(H,42,50)(H,43,51)(H,44,52)(H,53,54)(H4,39,40,41)/b46-45+/t28-,29?,30+,31+/m1/s1. The third kappa shape index (κ3) is 13.1. The lowest BCUT2D eigenvalue weighted by atomic mass is 10.0. The maximum atomic E-state index is 13.5. The Labute approximate surface area is 325 Å². The van der Waals surface area contributed by atoms with E-state index in [-0.39, 0.29) is 44.4 Å². The summed E-state index contributed by atoms with van der Waals surface area (Å²) in [4.78, 5) is 80.7. The van der Waals surface area contributed by atoms with Gasteiger partial charge in [-0.1, -0.05) is 44.2 Å². The minimum absolute atomic E-state index is 0.00956. The average Bonchev–Trinajstić information content (AvgIpc) is 3.88. The molecule has 0 saturated carbocycles. The van der Waals surface area contributed by atoms with Gasteiger partial charge in [-0.2, -0.15) is 10.2 Å². The van der Waals surface area contributed by atoms with E-state index in [1.807, 2.05) is 44.2 Å². The first-order chi connectivity index (χ1) is 26.8. The number of hydrogen-bond donors (Lipinski definition) is 7. The van der Waals surface area contributed by atoms with Gasteiger partial charge in [0.2, 0.25) is 23.6 Å². The number of nitrogens with two attached hydrogens (primary N) is 1. The van der Waals surface area contributed by atoms with Crippen molar-refractivity contribution in [2.75, 3.05) is 26.2 Å². The van der Waals surface area contributed by atoms with Crippen LogP contribution >= 0.6 is 0 Å². The van der Waals surface area contributed by atoms with Gasteiger partial charge in [0.05, 0.1) is 17.9 Å². The second-order valence-corrected chi connectivity index (χ2v) is 14.1. The summed E-state index contributed by atoms with van der Waals surface area (Å²) in [5, 5.41) is 35.6. The van der Waals surface area contributed by atoms with E-state index in [0.717, 1.165) is 11.3 Å². The molecular weight excluding hydrogens is 724 g/mol. The molecule has 4 rings (SSSR count). The van der Waals surface area contributed by atoms with Crippen LogP contribution in [-0.4, -0.2) is 107 Å². The van der Waals surface area contributed by atoms with Crippen LogP contribution in [0.1, 0.15) is 64.4 Å². The minimum Gasteiger partial charge on any atom is -0.480 e. The molecule has 8 N–H and O–H groups in total. The van der Waals surface area contributed by atoms with Gasteiger partial charge in [0, 0.05) is 19.6 Å². The van der Waals surface area contributed by atoms with E-state index in [1.165, 1.54) is 9.80 Å². The largest absolute Gasteiger partial charge is 0.480 e.